The molecular formula is C20H16BrClN2O5. The van der Waals surface area contributed by atoms with E-state index >= 15 is 0 Å². The first kappa shape index (κ1) is 20.9. The lowest BCUT2D eigenvalue weighted by molar-refractivity contribution is -0.139. The number of benzene rings is 2. The van der Waals surface area contributed by atoms with Gasteiger partial charge in [0, 0.05) is 4.47 Å². The monoisotopic (exact) mass is 478 g/mol. The van der Waals surface area contributed by atoms with Gasteiger partial charge in [0.05, 0.1) is 29.1 Å². The minimum Gasteiger partial charge on any atom is -0.493 e. The molecule has 2 aromatic carbocycles. The van der Waals surface area contributed by atoms with Crippen molar-refractivity contribution in [1.82, 2.24) is 0 Å². The lowest BCUT2D eigenvalue weighted by Crippen LogP contribution is -2.21. The normalized spacial score (nSPS) is 14.9. The molecule has 0 spiro atoms. The van der Waals surface area contributed by atoms with Crippen LogP contribution in [0.15, 0.2) is 51.5 Å². The molecule has 3 rings (SSSR count). The number of ether oxygens (including phenoxy) is 2. The van der Waals surface area contributed by atoms with Crippen LogP contribution in [0.2, 0.25) is 5.02 Å². The van der Waals surface area contributed by atoms with E-state index in [2.05, 4.69) is 21.0 Å². The maximum absolute atomic E-state index is 12.9. The van der Waals surface area contributed by atoms with Crippen molar-refractivity contribution in [3.8, 4) is 11.5 Å². The Morgan fingerprint density at radius 3 is 2.69 bits per heavy atom. The molecule has 2 aromatic rings. The number of nitrogens with zero attached hydrogens (tertiary/aromatic N) is 2. The van der Waals surface area contributed by atoms with Gasteiger partial charge in [-0.1, -0.05) is 39.7 Å². The number of rotatable bonds is 6. The highest BCUT2D eigenvalue weighted by Crippen LogP contribution is 2.36. The van der Waals surface area contributed by atoms with Gasteiger partial charge in [0.15, 0.2) is 18.1 Å². The average molecular weight is 480 g/mol. The van der Waals surface area contributed by atoms with Gasteiger partial charge in [-0.2, -0.15) is 10.1 Å². The third-order valence-electron chi connectivity index (χ3n) is 4.08. The van der Waals surface area contributed by atoms with Crippen molar-refractivity contribution in [2.24, 2.45) is 5.10 Å². The molecule has 1 N–H and O–H groups in total. The van der Waals surface area contributed by atoms with Crippen LogP contribution in [-0.2, 0) is 9.59 Å². The third-order valence-corrected chi connectivity index (χ3v) is 5.08. The number of methoxy groups -OCH3 is 1. The van der Waals surface area contributed by atoms with E-state index in [-0.39, 0.29) is 11.7 Å². The number of anilines is 1. The van der Waals surface area contributed by atoms with Gasteiger partial charge < -0.3 is 14.6 Å². The van der Waals surface area contributed by atoms with Crippen molar-refractivity contribution >= 4 is 56.9 Å². The van der Waals surface area contributed by atoms with Crippen LogP contribution in [0.5, 0.6) is 11.5 Å². The standard InChI is InChI=1S/C20H16BrClN2O5/c1-11-13(20(27)24(23-11)16-6-4-3-5-15(16)22)7-12-8-17(28-2)18(9-14(12)21)29-10-19(25)26/h3-9H,10H2,1-2H3,(H,25,26)/b13-7+. The van der Waals surface area contributed by atoms with Crippen molar-refractivity contribution in [3.63, 3.8) is 0 Å². The first-order chi connectivity index (χ1) is 13.8. The van der Waals surface area contributed by atoms with Crippen LogP contribution in [0.3, 0.4) is 0 Å². The molecular weight excluding hydrogens is 464 g/mol. The topological polar surface area (TPSA) is 88.4 Å². The minimum absolute atomic E-state index is 0.268. The summed E-state index contributed by atoms with van der Waals surface area (Å²) in [5.74, 6) is -0.806. The molecule has 1 amide bonds. The quantitative estimate of drug-likeness (QED) is 0.621. The molecule has 7 nitrogen and oxygen atoms in total. The maximum atomic E-state index is 12.9. The second kappa shape index (κ2) is 8.67. The Morgan fingerprint density at radius 2 is 2.03 bits per heavy atom. The van der Waals surface area contributed by atoms with Crippen LogP contribution in [0.25, 0.3) is 6.08 Å². The molecule has 0 aliphatic carbocycles. The Labute approximate surface area is 180 Å². The van der Waals surface area contributed by atoms with Gasteiger partial charge in [0.2, 0.25) is 0 Å². The van der Waals surface area contributed by atoms with Crippen molar-refractivity contribution in [1.29, 1.82) is 0 Å². The zero-order valence-electron chi connectivity index (χ0n) is 15.5. The predicted octanol–water partition coefficient (Wildman–Crippen LogP) is 4.38. The summed E-state index contributed by atoms with van der Waals surface area (Å²) in [6, 6.07) is 10.2. The molecule has 0 radical (unpaired) electrons. The number of halogens is 2. The highest BCUT2D eigenvalue weighted by Gasteiger charge is 2.30. The number of aliphatic carboxylic acids is 1. The number of para-hydroxylation sites is 1. The van der Waals surface area contributed by atoms with Crippen LogP contribution >= 0.6 is 27.5 Å². The van der Waals surface area contributed by atoms with Gasteiger partial charge in [0.1, 0.15) is 0 Å². The number of hydrogen-bond acceptors (Lipinski definition) is 5. The van der Waals surface area contributed by atoms with E-state index in [4.69, 9.17) is 26.2 Å². The fourth-order valence-electron chi connectivity index (χ4n) is 2.70. The number of amides is 1. The van der Waals surface area contributed by atoms with Crippen LogP contribution in [0, 0.1) is 0 Å². The Morgan fingerprint density at radius 1 is 1.31 bits per heavy atom. The molecule has 0 saturated heterocycles. The van der Waals surface area contributed by atoms with Crippen LogP contribution in [-0.4, -0.2) is 36.4 Å². The highest BCUT2D eigenvalue weighted by atomic mass is 79.9. The molecule has 29 heavy (non-hydrogen) atoms. The summed E-state index contributed by atoms with van der Waals surface area (Å²) in [4.78, 5) is 23.7. The van der Waals surface area contributed by atoms with Crippen LogP contribution < -0.4 is 14.5 Å². The predicted molar refractivity (Wildman–Crippen MR) is 114 cm³/mol. The number of hydrogen-bond donors (Lipinski definition) is 1. The maximum Gasteiger partial charge on any atom is 0.341 e. The molecule has 1 aliphatic rings. The summed E-state index contributed by atoms with van der Waals surface area (Å²) in [7, 11) is 1.44. The SMILES string of the molecule is COc1cc(/C=C2/C(=O)N(c3ccccc3Cl)N=C2C)c(Br)cc1OCC(=O)O. The molecule has 0 bridgehead atoms. The van der Waals surface area contributed by atoms with E-state index in [9.17, 15) is 9.59 Å². The molecule has 1 aliphatic heterocycles. The smallest absolute Gasteiger partial charge is 0.341 e. The van der Waals surface area contributed by atoms with Gasteiger partial charge in [-0.15, -0.1) is 0 Å². The van der Waals surface area contributed by atoms with Gasteiger partial charge in [-0.25, -0.2) is 4.79 Å². The Hall–Kier alpha value is -2.84. The second-order valence-electron chi connectivity index (χ2n) is 6.02. The molecule has 0 fully saturated rings. The number of carbonyl (C=O) groups excluding carboxylic acids is 1. The van der Waals surface area contributed by atoms with Crippen molar-refractivity contribution in [2.45, 2.75) is 6.92 Å². The number of carboxylic acids is 1. The molecule has 0 aromatic heterocycles. The van der Waals surface area contributed by atoms with E-state index in [1.807, 2.05) is 0 Å². The van der Waals surface area contributed by atoms with Crippen molar-refractivity contribution in [3.05, 3.63) is 57.0 Å². The second-order valence-corrected chi connectivity index (χ2v) is 7.28. The largest absolute Gasteiger partial charge is 0.493 e. The summed E-state index contributed by atoms with van der Waals surface area (Å²) in [5.41, 5.74) is 2.07. The summed E-state index contributed by atoms with van der Waals surface area (Å²) in [6.45, 7) is 1.23. The molecule has 0 atom stereocenters. The Kier molecular flexibility index (Phi) is 6.24. The molecule has 0 saturated carbocycles. The molecule has 9 heteroatoms. The number of carboxylic acid groups (broad SMARTS) is 1. The zero-order chi connectivity index (χ0) is 21.1. The molecule has 0 unspecified atom stereocenters. The van der Waals surface area contributed by atoms with Gasteiger partial charge in [-0.05, 0) is 42.8 Å². The van der Waals surface area contributed by atoms with Crippen LogP contribution in [0.4, 0.5) is 5.69 Å². The average Bonchev–Trinajstić information content (AvgIpc) is 2.96. The number of carbonyl (C=O) groups is 2. The fourth-order valence-corrected chi connectivity index (χ4v) is 3.35. The minimum atomic E-state index is -1.10. The van der Waals surface area contributed by atoms with Crippen molar-refractivity contribution in [2.75, 3.05) is 18.7 Å². The van der Waals surface area contributed by atoms with E-state index in [1.165, 1.54) is 12.1 Å². The zero-order valence-corrected chi connectivity index (χ0v) is 17.8. The summed E-state index contributed by atoms with van der Waals surface area (Å²) in [6.07, 6.45) is 1.67. The van der Waals surface area contributed by atoms with E-state index in [1.54, 1.807) is 49.4 Å². The Bertz CT molecular complexity index is 1050. The fraction of sp³-hybridized carbons (Fsp3) is 0.150. The third kappa shape index (κ3) is 4.44. The van der Waals surface area contributed by atoms with Crippen LogP contribution in [0.1, 0.15) is 12.5 Å². The summed E-state index contributed by atoms with van der Waals surface area (Å²) in [5, 5.41) is 14.8. The highest BCUT2D eigenvalue weighted by molar-refractivity contribution is 9.10. The van der Waals surface area contributed by atoms with Gasteiger partial charge >= 0.3 is 5.97 Å². The van der Waals surface area contributed by atoms with Gasteiger partial charge in [0.25, 0.3) is 5.91 Å². The lowest BCUT2D eigenvalue weighted by atomic mass is 10.1. The van der Waals surface area contributed by atoms with Gasteiger partial charge in [-0.3, -0.25) is 4.79 Å². The van der Waals surface area contributed by atoms with E-state index in [0.29, 0.717) is 37.8 Å². The number of hydrazone groups is 1. The van der Waals surface area contributed by atoms with E-state index < -0.39 is 12.6 Å². The summed E-state index contributed by atoms with van der Waals surface area (Å²) < 4.78 is 11.1. The van der Waals surface area contributed by atoms with E-state index in [0.717, 1.165) is 0 Å². The first-order valence-corrected chi connectivity index (χ1v) is 9.57. The molecule has 1 heterocycles. The molecule has 150 valence electrons. The van der Waals surface area contributed by atoms with Crippen molar-refractivity contribution < 1.29 is 24.2 Å². The lowest BCUT2D eigenvalue weighted by Gasteiger charge is -2.13. The first-order valence-electron chi connectivity index (χ1n) is 8.40. The summed E-state index contributed by atoms with van der Waals surface area (Å²) >= 11 is 9.62. The Balaban J connectivity index is 1.96.